The number of rotatable bonds is 5. The molecule has 156 valence electrons. The van der Waals surface area contributed by atoms with E-state index >= 15 is 0 Å². The Bertz CT molecular complexity index is 1320. The molecule has 0 fully saturated rings. The molecule has 0 saturated carbocycles. The number of methoxy groups -OCH3 is 1. The van der Waals surface area contributed by atoms with Gasteiger partial charge >= 0.3 is 10.1 Å². The van der Waals surface area contributed by atoms with E-state index in [4.69, 9.17) is 13.7 Å². The lowest BCUT2D eigenvalue weighted by Crippen LogP contribution is -2.07. The molecule has 0 atom stereocenters. The summed E-state index contributed by atoms with van der Waals surface area (Å²) in [7, 11) is -2.09. The summed E-state index contributed by atoms with van der Waals surface area (Å²) in [6.45, 7) is 4.47. The van der Waals surface area contributed by atoms with Crippen LogP contribution in [-0.4, -0.2) is 32.1 Å². The largest absolute Gasteiger partial charge is 0.497 e. The Labute approximate surface area is 174 Å². The van der Waals surface area contributed by atoms with Crippen LogP contribution in [-0.2, 0) is 16.7 Å². The lowest BCUT2D eigenvalue weighted by molar-refractivity contribution is 0.101. The minimum atomic E-state index is -3.69. The van der Waals surface area contributed by atoms with Crippen LogP contribution >= 0.6 is 0 Å². The van der Waals surface area contributed by atoms with Crippen molar-refractivity contribution < 1.29 is 26.9 Å². The number of hydrogen-bond donors (Lipinski definition) is 0. The molecule has 0 saturated heterocycles. The van der Waals surface area contributed by atoms with E-state index in [-0.39, 0.29) is 17.3 Å². The van der Waals surface area contributed by atoms with Crippen LogP contribution in [0.25, 0.3) is 17.0 Å². The Hall–Kier alpha value is -3.26. The van der Waals surface area contributed by atoms with Gasteiger partial charge < -0.3 is 18.2 Å². The fourth-order valence-corrected chi connectivity index (χ4v) is 4.08. The quantitative estimate of drug-likeness (QED) is 0.453. The summed E-state index contributed by atoms with van der Waals surface area (Å²) in [6, 6.07) is 8.78. The molecule has 0 unspecified atom stereocenters. The van der Waals surface area contributed by atoms with Gasteiger partial charge in [-0.3, -0.25) is 4.79 Å². The minimum Gasteiger partial charge on any atom is -0.497 e. The molecule has 0 amide bonds. The van der Waals surface area contributed by atoms with Crippen LogP contribution < -0.4 is 13.7 Å². The lowest BCUT2D eigenvalue weighted by Gasteiger charge is -2.09. The van der Waals surface area contributed by atoms with Crippen LogP contribution in [0.3, 0.4) is 0 Å². The van der Waals surface area contributed by atoms with E-state index in [0.717, 1.165) is 35.0 Å². The van der Waals surface area contributed by atoms with E-state index in [0.29, 0.717) is 16.9 Å². The molecular weight excluding hydrogens is 406 g/mol. The zero-order valence-corrected chi connectivity index (χ0v) is 17.9. The fraction of sp³-hybridized carbons (Fsp3) is 0.227. The molecule has 2 aromatic carbocycles. The highest BCUT2D eigenvalue weighted by Crippen LogP contribution is 2.40. The van der Waals surface area contributed by atoms with Crippen LogP contribution in [0, 0.1) is 6.92 Å². The minimum absolute atomic E-state index is 0.137. The average Bonchev–Trinajstić information content (AvgIpc) is 3.21. The zero-order valence-electron chi connectivity index (χ0n) is 17.1. The third-order valence-corrected chi connectivity index (χ3v) is 5.51. The zero-order chi connectivity index (χ0) is 21.6. The standard InChI is InChI=1S/C22H21NO6S/c1-5-23-12-14(17-11-15(27-3)6-8-18(17)23)10-20-21(24)16-7-9-19(29-30(4,25)26)13(2)22(16)28-20/h6-12H,5H2,1-4H3/b20-10+. The fourth-order valence-electron chi connectivity index (χ4n) is 3.57. The number of allylic oxidation sites excluding steroid dienone is 1. The van der Waals surface area contributed by atoms with Gasteiger partial charge in [0.05, 0.1) is 18.9 Å². The topological polar surface area (TPSA) is 83.8 Å². The maximum Gasteiger partial charge on any atom is 0.306 e. The SMILES string of the molecule is CCn1cc(/C=C2/Oc3c(ccc(OS(C)(=O)=O)c3C)C2=O)c2cc(OC)ccc21. The van der Waals surface area contributed by atoms with Crippen molar-refractivity contribution in [2.24, 2.45) is 0 Å². The van der Waals surface area contributed by atoms with Gasteiger partial charge in [-0.15, -0.1) is 0 Å². The number of aryl methyl sites for hydroxylation is 1. The average molecular weight is 427 g/mol. The first kappa shape index (κ1) is 20.0. The number of carbonyl (C=O) groups is 1. The first-order valence-electron chi connectivity index (χ1n) is 9.36. The van der Waals surface area contributed by atoms with Crippen molar-refractivity contribution in [1.29, 1.82) is 0 Å². The summed E-state index contributed by atoms with van der Waals surface area (Å²) in [5.74, 6) is 1.07. The molecule has 1 aromatic heterocycles. The Morgan fingerprint density at radius 1 is 1.20 bits per heavy atom. The third-order valence-electron chi connectivity index (χ3n) is 5.02. The Morgan fingerprint density at radius 3 is 2.63 bits per heavy atom. The Balaban J connectivity index is 1.78. The van der Waals surface area contributed by atoms with Gasteiger partial charge in [0.15, 0.2) is 5.76 Å². The first-order chi connectivity index (χ1) is 14.2. The molecule has 0 bridgehead atoms. The van der Waals surface area contributed by atoms with Crippen molar-refractivity contribution in [2.75, 3.05) is 13.4 Å². The predicted molar refractivity (Wildman–Crippen MR) is 114 cm³/mol. The second kappa shape index (κ2) is 7.21. The predicted octanol–water partition coefficient (Wildman–Crippen LogP) is 3.93. The van der Waals surface area contributed by atoms with Gasteiger partial charge in [0, 0.05) is 34.8 Å². The first-order valence-corrected chi connectivity index (χ1v) is 11.2. The highest BCUT2D eigenvalue weighted by atomic mass is 32.2. The highest BCUT2D eigenvalue weighted by molar-refractivity contribution is 7.86. The van der Waals surface area contributed by atoms with Crippen LogP contribution in [0.4, 0.5) is 0 Å². The Morgan fingerprint density at radius 2 is 1.97 bits per heavy atom. The number of ether oxygens (including phenoxy) is 2. The second-order valence-electron chi connectivity index (χ2n) is 7.05. The van der Waals surface area contributed by atoms with E-state index in [1.165, 1.54) is 12.1 Å². The maximum atomic E-state index is 12.9. The molecule has 0 aliphatic carbocycles. The van der Waals surface area contributed by atoms with E-state index < -0.39 is 10.1 Å². The molecule has 0 radical (unpaired) electrons. The van der Waals surface area contributed by atoms with Crippen molar-refractivity contribution >= 4 is 32.9 Å². The molecule has 1 aliphatic heterocycles. The summed E-state index contributed by atoms with van der Waals surface area (Å²) in [6.07, 6.45) is 4.63. The normalized spacial score (nSPS) is 14.8. The Kier molecular flexibility index (Phi) is 4.82. The molecule has 2 heterocycles. The van der Waals surface area contributed by atoms with Gasteiger partial charge in [0.2, 0.25) is 5.78 Å². The number of aromatic nitrogens is 1. The van der Waals surface area contributed by atoms with E-state index in [1.54, 1.807) is 20.1 Å². The summed E-state index contributed by atoms with van der Waals surface area (Å²) in [5, 5.41) is 0.939. The van der Waals surface area contributed by atoms with Gasteiger partial charge in [-0.25, -0.2) is 0 Å². The molecule has 4 rings (SSSR count). The molecular formula is C22H21NO6S. The maximum absolute atomic E-state index is 12.9. The van der Waals surface area contributed by atoms with Crippen LogP contribution in [0.5, 0.6) is 17.2 Å². The number of Topliss-reactive ketones (excluding diaryl/α,β-unsaturated/α-hetero) is 1. The monoisotopic (exact) mass is 427 g/mol. The molecule has 0 spiro atoms. The number of nitrogens with zero attached hydrogens (tertiary/aromatic N) is 1. The van der Waals surface area contributed by atoms with Gasteiger partial charge in [-0.05, 0) is 50.3 Å². The van der Waals surface area contributed by atoms with Crippen molar-refractivity contribution in [3.05, 3.63) is 59.0 Å². The van der Waals surface area contributed by atoms with Crippen molar-refractivity contribution in [3.8, 4) is 17.2 Å². The van der Waals surface area contributed by atoms with Gasteiger partial charge in [-0.2, -0.15) is 8.42 Å². The number of ketones is 1. The second-order valence-corrected chi connectivity index (χ2v) is 8.62. The van der Waals surface area contributed by atoms with E-state index in [9.17, 15) is 13.2 Å². The van der Waals surface area contributed by atoms with E-state index in [1.807, 2.05) is 31.3 Å². The van der Waals surface area contributed by atoms with Gasteiger partial charge in [-0.1, -0.05) is 0 Å². The number of carbonyl (C=O) groups excluding carboxylic acids is 1. The molecule has 7 nitrogen and oxygen atoms in total. The van der Waals surface area contributed by atoms with Crippen LogP contribution in [0.15, 0.2) is 42.3 Å². The summed E-state index contributed by atoms with van der Waals surface area (Å²) in [4.78, 5) is 12.9. The van der Waals surface area contributed by atoms with Crippen molar-refractivity contribution in [3.63, 3.8) is 0 Å². The molecule has 30 heavy (non-hydrogen) atoms. The molecule has 8 heteroatoms. The summed E-state index contributed by atoms with van der Waals surface area (Å²) in [5.41, 5.74) is 2.67. The molecule has 3 aromatic rings. The van der Waals surface area contributed by atoms with Crippen molar-refractivity contribution in [2.45, 2.75) is 20.4 Å². The van der Waals surface area contributed by atoms with Gasteiger partial charge in [0.25, 0.3) is 0 Å². The summed E-state index contributed by atoms with van der Waals surface area (Å²) >= 11 is 0. The van der Waals surface area contributed by atoms with Crippen LogP contribution in [0.2, 0.25) is 0 Å². The highest BCUT2D eigenvalue weighted by Gasteiger charge is 2.31. The molecule has 1 aliphatic rings. The number of hydrogen-bond acceptors (Lipinski definition) is 6. The van der Waals surface area contributed by atoms with E-state index in [2.05, 4.69) is 4.57 Å². The lowest BCUT2D eigenvalue weighted by atomic mass is 10.1. The smallest absolute Gasteiger partial charge is 0.306 e. The third kappa shape index (κ3) is 3.43. The van der Waals surface area contributed by atoms with Gasteiger partial charge in [0.1, 0.15) is 17.2 Å². The molecule has 0 N–H and O–H groups in total. The summed E-state index contributed by atoms with van der Waals surface area (Å²) < 4.78 is 41.2. The number of benzene rings is 2. The van der Waals surface area contributed by atoms with Crippen molar-refractivity contribution in [1.82, 2.24) is 4.57 Å². The number of fused-ring (bicyclic) bond motifs is 2. The van der Waals surface area contributed by atoms with Crippen LogP contribution in [0.1, 0.15) is 28.4 Å².